The molecule has 1 aromatic heterocycles. The van der Waals surface area contributed by atoms with Gasteiger partial charge in [0.1, 0.15) is 0 Å². The van der Waals surface area contributed by atoms with Gasteiger partial charge in [0, 0.05) is 24.2 Å². The van der Waals surface area contributed by atoms with Crippen molar-refractivity contribution >= 4 is 5.71 Å². The summed E-state index contributed by atoms with van der Waals surface area (Å²) < 4.78 is 5.12. The summed E-state index contributed by atoms with van der Waals surface area (Å²) in [5, 5.41) is 3.31. The van der Waals surface area contributed by atoms with Crippen molar-refractivity contribution in [2.75, 3.05) is 13.1 Å². The molecule has 1 unspecified atom stereocenters. The van der Waals surface area contributed by atoms with Crippen LogP contribution in [0.4, 0.5) is 0 Å². The molecule has 3 rings (SSSR count). The third-order valence-corrected chi connectivity index (χ3v) is 2.30. The number of hydrogen-bond donors (Lipinski definition) is 1. The first-order valence-electron chi connectivity index (χ1n) is 3.79. The SMILES string of the molecule is c1occ2c1C1=NC2CNC1. The summed E-state index contributed by atoms with van der Waals surface area (Å²) in [6.45, 7) is 1.85. The average Bonchev–Trinajstić information content (AvgIpc) is 2.58. The second-order valence-electron chi connectivity index (χ2n) is 2.96. The van der Waals surface area contributed by atoms with E-state index in [9.17, 15) is 0 Å². The van der Waals surface area contributed by atoms with E-state index in [1.807, 2.05) is 6.26 Å². The molecule has 0 spiro atoms. The van der Waals surface area contributed by atoms with Crippen molar-refractivity contribution < 1.29 is 4.42 Å². The Kier molecular flexibility index (Phi) is 0.876. The highest BCUT2D eigenvalue weighted by molar-refractivity contribution is 6.05. The molecule has 2 bridgehead atoms. The third kappa shape index (κ3) is 0.587. The Balaban J connectivity index is 2.24. The Bertz CT molecular complexity index is 327. The van der Waals surface area contributed by atoms with E-state index in [4.69, 9.17) is 4.42 Å². The standard InChI is InChI=1S/C8H8N2O/c1-7-5-3-11-4-6(5)8(10-7)2-9-1/h3-4,7,9H,1-2H2. The van der Waals surface area contributed by atoms with E-state index < -0.39 is 0 Å². The van der Waals surface area contributed by atoms with Crippen LogP contribution in [-0.4, -0.2) is 18.8 Å². The highest BCUT2D eigenvalue weighted by Crippen LogP contribution is 2.31. The van der Waals surface area contributed by atoms with Gasteiger partial charge in [-0.3, -0.25) is 4.99 Å². The third-order valence-electron chi connectivity index (χ3n) is 2.30. The summed E-state index contributed by atoms with van der Waals surface area (Å²) in [5.41, 5.74) is 3.62. The van der Waals surface area contributed by atoms with Crippen LogP contribution >= 0.6 is 0 Å². The first kappa shape index (κ1) is 5.55. The number of hydrogen-bond acceptors (Lipinski definition) is 3. The lowest BCUT2D eigenvalue weighted by Gasteiger charge is -2.11. The van der Waals surface area contributed by atoms with Crippen molar-refractivity contribution in [3.63, 3.8) is 0 Å². The van der Waals surface area contributed by atoms with Crippen LogP contribution in [-0.2, 0) is 0 Å². The topological polar surface area (TPSA) is 37.5 Å². The fourth-order valence-electron chi connectivity index (χ4n) is 1.75. The maximum absolute atomic E-state index is 5.12. The average molecular weight is 148 g/mol. The molecule has 3 heterocycles. The summed E-state index contributed by atoms with van der Waals surface area (Å²) in [4.78, 5) is 4.52. The van der Waals surface area contributed by atoms with E-state index >= 15 is 0 Å². The van der Waals surface area contributed by atoms with Gasteiger partial charge in [-0.15, -0.1) is 0 Å². The zero-order valence-corrected chi connectivity index (χ0v) is 6.00. The molecule has 0 fully saturated rings. The van der Waals surface area contributed by atoms with Gasteiger partial charge < -0.3 is 9.73 Å². The lowest BCUT2D eigenvalue weighted by atomic mass is 10.1. The minimum absolute atomic E-state index is 0.326. The molecule has 0 aromatic carbocycles. The predicted molar refractivity (Wildman–Crippen MR) is 40.9 cm³/mol. The van der Waals surface area contributed by atoms with Crippen molar-refractivity contribution in [3.05, 3.63) is 23.7 Å². The Morgan fingerprint density at radius 2 is 2.55 bits per heavy atom. The molecule has 1 N–H and O–H groups in total. The van der Waals surface area contributed by atoms with Crippen molar-refractivity contribution in [2.24, 2.45) is 4.99 Å². The monoisotopic (exact) mass is 148 g/mol. The first-order chi connectivity index (χ1) is 5.45. The maximum Gasteiger partial charge on any atom is 0.0997 e. The fourth-order valence-corrected chi connectivity index (χ4v) is 1.75. The fraction of sp³-hybridized carbons (Fsp3) is 0.375. The first-order valence-corrected chi connectivity index (χ1v) is 3.79. The van der Waals surface area contributed by atoms with Crippen molar-refractivity contribution in [1.29, 1.82) is 0 Å². The van der Waals surface area contributed by atoms with Gasteiger partial charge in [-0.1, -0.05) is 0 Å². The summed E-state index contributed by atoms with van der Waals surface area (Å²) in [6.07, 6.45) is 3.60. The van der Waals surface area contributed by atoms with Gasteiger partial charge in [-0.05, 0) is 0 Å². The van der Waals surface area contributed by atoms with E-state index in [2.05, 4.69) is 10.3 Å². The number of furan rings is 1. The molecule has 3 heteroatoms. The van der Waals surface area contributed by atoms with E-state index in [0.717, 1.165) is 18.8 Å². The molecule has 2 aliphatic rings. The number of rotatable bonds is 0. The summed E-state index contributed by atoms with van der Waals surface area (Å²) in [5.74, 6) is 0. The number of fused-ring (bicyclic) bond motifs is 4. The van der Waals surface area contributed by atoms with Crippen LogP contribution in [0.1, 0.15) is 17.2 Å². The Morgan fingerprint density at radius 1 is 1.55 bits per heavy atom. The van der Waals surface area contributed by atoms with Crippen LogP contribution in [0.2, 0.25) is 0 Å². The second kappa shape index (κ2) is 1.74. The highest BCUT2D eigenvalue weighted by Gasteiger charge is 2.29. The predicted octanol–water partition coefficient (Wildman–Crippen LogP) is 0.727. The van der Waals surface area contributed by atoms with Gasteiger partial charge in [0.2, 0.25) is 0 Å². The minimum Gasteiger partial charge on any atom is -0.472 e. The van der Waals surface area contributed by atoms with E-state index in [-0.39, 0.29) is 0 Å². The molecule has 11 heavy (non-hydrogen) atoms. The molecule has 0 aliphatic carbocycles. The number of nitrogens with zero attached hydrogens (tertiary/aromatic N) is 1. The smallest absolute Gasteiger partial charge is 0.0997 e. The molecule has 56 valence electrons. The summed E-state index contributed by atoms with van der Waals surface area (Å²) in [7, 11) is 0. The van der Waals surface area contributed by atoms with Crippen molar-refractivity contribution in [3.8, 4) is 0 Å². The maximum atomic E-state index is 5.12. The van der Waals surface area contributed by atoms with Crippen molar-refractivity contribution in [1.82, 2.24) is 5.32 Å². The van der Waals surface area contributed by atoms with Crippen LogP contribution in [0.5, 0.6) is 0 Å². The van der Waals surface area contributed by atoms with Crippen LogP contribution in [0.3, 0.4) is 0 Å². The highest BCUT2D eigenvalue weighted by atomic mass is 16.3. The van der Waals surface area contributed by atoms with E-state index in [1.165, 1.54) is 11.1 Å². The Labute approximate surface area is 64.1 Å². The number of nitrogens with one attached hydrogen (secondary N) is 1. The van der Waals surface area contributed by atoms with Crippen LogP contribution in [0, 0.1) is 0 Å². The minimum atomic E-state index is 0.326. The molecule has 0 radical (unpaired) electrons. The van der Waals surface area contributed by atoms with Gasteiger partial charge >= 0.3 is 0 Å². The molecule has 0 saturated carbocycles. The number of aliphatic imine (C=N–C) groups is 1. The summed E-state index contributed by atoms with van der Waals surface area (Å²) in [6, 6.07) is 0.326. The van der Waals surface area contributed by atoms with Crippen LogP contribution in [0.15, 0.2) is 21.9 Å². The Hall–Kier alpha value is -1.09. The largest absolute Gasteiger partial charge is 0.472 e. The normalized spacial score (nSPS) is 26.5. The van der Waals surface area contributed by atoms with E-state index in [0.29, 0.717) is 6.04 Å². The molecular weight excluding hydrogens is 140 g/mol. The second-order valence-corrected chi connectivity index (χ2v) is 2.96. The van der Waals surface area contributed by atoms with Crippen LogP contribution < -0.4 is 5.32 Å². The van der Waals surface area contributed by atoms with Crippen LogP contribution in [0.25, 0.3) is 0 Å². The zero-order valence-electron chi connectivity index (χ0n) is 6.00. The molecule has 2 aliphatic heterocycles. The van der Waals surface area contributed by atoms with Gasteiger partial charge in [0.25, 0.3) is 0 Å². The zero-order chi connectivity index (χ0) is 7.26. The molecule has 0 saturated heterocycles. The molecular formula is C8H8N2O. The van der Waals surface area contributed by atoms with Gasteiger partial charge in [-0.25, -0.2) is 0 Å². The lowest BCUT2D eigenvalue weighted by molar-refractivity contribution is 0.548. The van der Waals surface area contributed by atoms with Crippen molar-refractivity contribution in [2.45, 2.75) is 6.04 Å². The lowest BCUT2D eigenvalue weighted by Crippen LogP contribution is -2.28. The molecule has 1 aromatic rings. The molecule has 3 nitrogen and oxygen atoms in total. The van der Waals surface area contributed by atoms with Gasteiger partial charge in [0.15, 0.2) is 0 Å². The molecule has 0 amide bonds. The molecule has 1 atom stereocenters. The van der Waals surface area contributed by atoms with Gasteiger partial charge in [-0.2, -0.15) is 0 Å². The van der Waals surface area contributed by atoms with Gasteiger partial charge in [0.05, 0.1) is 24.3 Å². The quantitative estimate of drug-likeness (QED) is 0.588. The summed E-state index contributed by atoms with van der Waals surface area (Å²) >= 11 is 0. The Morgan fingerprint density at radius 3 is 3.55 bits per heavy atom. The van der Waals surface area contributed by atoms with E-state index in [1.54, 1.807) is 6.26 Å².